The number of hydrogen-bond acceptors (Lipinski definition) is 5. The van der Waals surface area contributed by atoms with Crippen LogP contribution in [0.25, 0.3) is 11.4 Å². The molecule has 5 rings (SSSR count). The van der Waals surface area contributed by atoms with Gasteiger partial charge in [0.1, 0.15) is 6.33 Å². The summed E-state index contributed by atoms with van der Waals surface area (Å²) in [7, 11) is 0. The highest BCUT2D eigenvalue weighted by Crippen LogP contribution is 2.32. The Balaban J connectivity index is 1.43. The fourth-order valence-corrected chi connectivity index (χ4v) is 3.65. The van der Waals surface area contributed by atoms with Gasteiger partial charge in [-0.2, -0.15) is 4.98 Å². The molecule has 0 spiro atoms. The van der Waals surface area contributed by atoms with Gasteiger partial charge in [0.25, 0.3) is 0 Å². The standard InChI is InChI=1S/C17H21N5/c1-2-4-14(5-3-1)16-19-12-20-17(21-16)18-10-15-11-22-8-6-13(15)7-9-22/h1-5,12-13,15H,6-11H2,(H,18,19,20,21). The third-order valence-corrected chi connectivity index (χ3v) is 4.92. The number of rotatable bonds is 4. The third kappa shape index (κ3) is 2.81. The van der Waals surface area contributed by atoms with Crippen LogP contribution in [-0.4, -0.2) is 46.0 Å². The van der Waals surface area contributed by atoms with Crippen molar-refractivity contribution in [1.29, 1.82) is 0 Å². The topological polar surface area (TPSA) is 53.9 Å². The second-order valence-corrected chi connectivity index (χ2v) is 6.28. The molecule has 1 aromatic heterocycles. The van der Waals surface area contributed by atoms with E-state index in [0.29, 0.717) is 5.95 Å². The van der Waals surface area contributed by atoms with Crippen LogP contribution >= 0.6 is 0 Å². The molecule has 1 atom stereocenters. The van der Waals surface area contributed by atoms with Crippen LogP contribution in [0.3, 0.4) is 0 Å². The first kappa shape index (κ1) is 13.6. The highest BCUT2D eigenvalue weighted by atomic mass is 15.2. The van der Waals surface area contributed by atoms with Crippen LogP contribution < -0.4 is 5.32 Å². The normalized spacial score (nSPS) is 26.8. The highest BCUT2D eigenvalue weighted by Gasteiger charge is 2.33. The van der Waals surface area contributed by atoms with E-state index in [1.807, 2.05) is 30.3 Å². The molecule has 2 aromatic rings. The van der Waals surface area contributed by atoms with Crippen LogP contribution in [0.15, 0.2) is 36.7 Å². The van der Waals surface area contributed by atoms with Gasteiger partial charge < -0.3 is 10.2 Å². The maximum atomic E-state index is 4.54. The number of piperidine rings is 3. The minimum atomic E-state index is 0.685. The Morgan fingerprint density at radius 1 is 1.09 bits per heavy atom. The van der Waals surface area contributed by atoms with Gasteiger partial charge in [0, 0.05) is 18.7 Å². The maximum Gasteiger partial charge on any atom is 0.226 e. The molecule has 0 saturated carbocycles. The first-order chi connectivity index (χ1) is 10.9. The fourth-order valence-electron chi connectivity index (χ4n) is 3.65. The molecule has 3 fully saturated rings. The first-order valence-electron chi connectivity index (χ1n) is 8.09. The van der Waals surface area contributed by atoms with Gasteiger partial charge in [-0.25, -0.2) is 9.97 Å². The number of fused-ring (bicyclic) bond motifs is 3. The van der Waals surface area contributed by atoms with Crippen LogP contribution in [0.2, 0.25) is 0 Å². The molecule has 2 bridgehead atoms. The van der Waals surface area contributed by atoms with Crippen molar-refractivity contribution < 1.29 is 0 Å². The van der Waals surface area contributed by atoms with Crippen molar-refractivity contribution in [2.45, 2.75) is 12.8 Å². The minimum absolute atomic E-state index is 0.685. The van der Waals surface area contributed by atoms with Crippen LogP contribution in [-0.2, 0) is 0 Å². The molecule has 1 N–H and O–H groups in total. The summed E-state index contributed by atoms with van der Waals surface area (Å²) in [5, 5.41) is 3.42. The highest BCUT2D eigenvalue weighted by molar-refractivity contribution is 5.55. The summed E-state index contributed by atoms with van der Waals surface area (Å²) in [6.07, 6.45) is 4.28. The molecule has 0 amide bonds. The molecule has 5 heteroatoms. The number of nitrogens with zero attached hydrogens (tertiary/aromatic N) is 4. The Bertz CT molecular complexity index is 622. The smallest absolute Gasteiger partial charge is 0.226 e. The lowest BCUT2D eigenvalue weighted by molar-refractivity contribution is 0.0573. The van der Waals surface area contributed by atoms with Crippen molar-refractivity contribution in [3.63, 3.8) is 0 Å². The van der Waals surface area contributed by atoms with E-state index in [2.05, 4.69) is 25.2 Å². The van der Waals surface area contributed by atoms with E-state index in [-0.39, 0.29) is 0 Å². The minimum Gasteiger partial charge on any atom is -0.354 e. The maximum absolute atomic E-state index is 4.54. The summed E-state index contributed by atoms with van der Waals surface area (Å²) in [5.74, 6) is 3.00. The fraction of sp³-hybridized carbons (Fsp3) is 0.471. The molecular weight excluding hydrogens is 274 g/mol. The second kappa shape index (κ2) is 6.01. The van der Waals surface area contributed by atoms with Crippen LogP contribution in [0, 0.1) is 11.8 Å². The Labute approximate surface area is 130 Å². The van der Waals surface area contributed by atoms with Crippen molar-refractivity contribution in [1.82, 2.24) is 19.9 Å². The molecule has 5 nitrogen and oxygen atoms in total. The summed E-state index contributed by atoms with van der Waals surface area (Å²) in [5.41, 5.74) is 1.02. The van der Waals surface area contributed by atoms with E-state index in [1.54, 1.807) is 6.33 Å². The lowest BCUT2D eigenvalue weighted by Crippen LogP contribution is -2.49. The lowest BCUT2D eigenvalue weighted by atomic mass is 9.79. The van der Waals surface area contributed by atoms with Gasteiger partial charge in [0.2, 0.25) is 5.95 Å². The number of nitrogens with one attached hydrogen (secondary N) is 1. The molecule has 1 unspecified atom stereocenters. The molecule has 0 aliphatic carbocycles. The van der Waals surface area contributed by atoms with Crippen molar-refractivity contribution in [2.75, 3.05) is 31.5 Å². The van der Waals surface area contributed by atoms with Crippen molar-refractivity contribution in [2.24, 2.45) is 11.8 Å². The van der Waals surface area contributed by atoms with Gasteiger partial charge >= 0.3 is 0 Å². The van der Waals surface area contributed by atoms with Crippen molar-refractivity contribution in [3.05, 3.63) is 36.7 Å². The average Bonchev–Trinajstić information content (AvgIpc) is 2.62. The largest absolute Gasteiger partial charge is 0.354 e. The van der Waals surface area contributed by atoms with E-state index in [1.165, 1.54) is 32.5 Å². The zero-order valence-corrected chi connectivity index (χ0v) is 12.7. The Morgan fingerprint density at radius 3 is 2.64 bits per heavy atom. The Kier molecular flexibility index (Phi) is 3.72. The first-order valence-corrected chi connectivity index (χ1v) is 8.09. The summed E-state index contributed by atoms with van der Waals surface area (Å²) in [4.78, 5) is 15.7. The van der Waals surface area contributed by atoms with Gasteiger partial charge in [-0.05, 0) is 37.8 Å². The van der Waals surface area contributed by atoms with Gasteiger partial charge in [0.05, 0.1) is 0 Å². The molecule has 0 radical (unpaired) electrons. The zero-order chi connectivity index (χ0) is 14.8. The lowest BCUT2D eigenvalue weighted by Gasteiger charge is -2.44. The predicted molar refractivity (Wildman–Crippen MR) is 86.4 cm³/mol. The summed E-state index contributed by atoms with van der Waals surface area (Å²) in [6, 6.07) is 10.0. The van der Waals surface area contributed by atoms with Crippen LogP contribution in [0.5, 0.6) is 0 Å². The van der Waals surface area contributed by atoms with E-state index in [9.17, 15) is 0 Å². The summed E-state index contributed by atoms with van der Waals surface area (Å²) < 4.78 is 0. The quantitative estimate of drug-likeness (QED) is 0.938. The average molecular weight is 295 g/mol. The molecule has 1 aromatic carbocycles. The van der Waals surface area contributed by atoms with E-state index < -0.39 is 0 Å². The molecule has 3 aliphatic heterocycles. The van der Waals surface area contributed by atoms with E-state index >= 15 is 0 Å². The van der Waals surface area contributed by atoms with E-state index in [0.717, 1.165) is 29.8 Å². The van der Waals surface area contributed by atoms with Gasteiger partial charge in [0.15, 0.2) is 5.82 Å². The molecule has 4 heterocycles. The van der Waals surface area contributed by atoms with Crippen LogP contribution in [0.4, 0.5) is 5.95 Å². The molecule has 3 saturated heterocycles. The Hall–Kier alpha value is -2.01. The SMILES string of the molecule is c1ccc(-c2ncnc(NCC3CN4CCC3CC4)n2)cc1. The zero-order valence-electron chi connectivity index (χ0n) is 12.7. The molecular formula is C17H21N5. The van der Waals surface area contributed by atoms with Gasteiger partial charge in [-0.3, -0.25) is 0 Å². The third-order valence-electron chi connectivity index (χ3n) is 4.92. The van der Waals surface area contributed by atoms with Gasteiger partial charge in [-0.15, -0.1) is 0 Å². The Morgan fingerprint density at radius 2 is 1.91 bits per heavy atom. The van der Waals surface area contributed by atoms with Crippen molar-refractivity contribution in [3.8, 4) is 11.4 Å². The molecule has 3 aliphatic rings. The molecule has 114 valence electrons. The predicted octanol–water partition coefficient (Wildman–Crippen LogP) is 2.29. The monoisotopic (exact) mass is 295 g/mol. The second-order valence-electron chi connectivity index (χ2n) is 6.28. The molecule has 22 heavy (non-hydrogen) atoms. The van der Waals surface area contributed by atoms with Gasteiger partial charge in [-0.1, -0.05) is 30.3 Å². The number of benzene rings is 1. The van der Waals surface area contributed by atoms with Crippen molar-refractivity contribution >= 4 is 5.95 Å². The number of aromatic nitrogens is 3. The number of anilines is 1. The summed E-state index contributed by atoms with van der Waals surface area (Å²) >= 11 is 0. The summed E-state index contributed by atoms with van der Waals surface area (Å²) in [6.45, 7) is 4.74. The van der Waals surface area contributed by atoms with Crippen LogP contribution in [0.1, 0.15) is 12.8 Å². The number of hydrogen-bond donors (Lipinski definition) is 1. The van der Waals surface area contributed by atoms with E-state index in [4.69, 9.17) is 0 Å².